The first-order valence-electron chi connectivity index (χ1n) is 3.16. The normalized spacial score (nSPS) is 36.7. The lowest BCUT2D eigenvalue weighted by atomic mass is 10.2. The summed E-state index contributed by atoms with van der Waals surface area (Å²) < 4.78 is 4.88. The lowest BCUT2D eigenvalue weighted by molar-refractivity contribution is 0.135. The number of hydrogen-bond donors (Lipinski definition) is 0. The Morgan fingerprint density at radius 2 is 2.33 bits per heavy atom. The van der Waals surface area contributed by atoms with E-state index in [2.05, 4.69) is 0 Å². The van der Waals surface area contributed by atoms with Crippen molar-refractivity contribution < 1.29 is 4.74 Å². The van der Waals surface area contributed by atoms with Crippen molar-refractivity contribution in [1.29, 1.82) is 0 Å². The minimum Gasteiger partial charge on any atom is -0.357 e. The van der Waals surface area contributed by atoms with Crippen LogP contribution in [0.3, 0.4) is 0 Å². The molecule has 3 heteroatoms. The van der Waals surface area contributed by atoms with Crippen molar-refractivity contribution in [2.24, 2.45) is 0 Å². The van der Waals surface area contributed by atoms with Gasteiger partial charge in [0.2, 0.25) is 0 Å². The molecule has 0 spiro atoms. The number of methoxy groups -OCH3 is 1. The van der Waals surface area contributed by atoms with E-state index in [9.17, 15) is 0 Å². The Bertz CT molecular complexity index is 89.1. The summed E-state index contributed by atoms with van der Waals surface area (Å²) in [6, 6.07) is 0. The second-order valence-electron chi connectivity index (χ2n) is 2.19. The van der Waals surface area contributed by atoms with Gasteiger partial charge in [0.05, 0.1) is 0 Å². The van der Waals surface area contributed by atoms with E-state index in [1.54, 1.807) is 18.9 Å². The fourth-order valence-electron chi connectivity index (χ4n) is 0.904. The average Bonchev–Trinajstić information content (AvgIpc) is 1.90. The van der Waals surface area contributed by atoms with Gasteiger partial charge in [-0.05, 0) is 37.6 Å². The molecule has 9 heavy (non-hydrogen) atoms. The lowest BCUT2D eigenvalue weighted by Gasteiger charge is -2.28. The first kappa shape index (κ1) is 7.76. The molecule has 0 aliphatic carbocycles. The zero-order valence-corrected chi connectivity index (χ0v) is 7.19. The second kappa shape index (κ2) is 3.17. The fourth-order valence-corrected chi connectivity index (χ4v) is 2.36. The van der Waals surface area contributed by atoms with Crippen molar-refractivity contribution in [2.45, 2.75) is 23.5 Å². The van der Waals surface area contributed by atoms with E-state index in [-0.39, 0.29) is 4.27 Å². The van der Waals surface area contributed by atoms with Gasteiger partial charge in [-0.3, -0.25) is 0 Å². The molecule has 1 aliphatic rings. The van der Waals surface area contributed by atoms with Crippen LogP contribution in [0.25, 0.3) is 0 Å². The molecule has 0 N–H and O–H groups in total. The van der Waals surface area contributed by atoms with Gasteiger partial charge in [-0.15, -0.1) is 11.8 Å². The van der Waals surface area contributed by atoms with Crippen LogP contribution in [0.15, 0.2) is 0 Å². The molecule has 1 saturated heterocycles. The van der Waals surface area contributed by atoms with E-state index in [1.165, 1.54) is 12.8 Å². The molecular weight excluding hydrogens is 152 g/mol. The first-order chi connectivity index (χ1) is 4.27. The molecule has 0 saturated carbocycles. The Kier molecular flexibility index (Phi) is 2.73. The van der Waals surface area contributed by atoms with Crippen molar-refractivity contribution in [1.82, 2.24) is 0 Å². The van der Waals surface area contributed by atoms with Gasteiger partial charge < -0.3 is 4.74 Å². The van der Waals surface area contributed by atoms with Crippen LogP contribution in [0.2, 0.25) is 0 Å². The molecule has 0 aromatic heterocycles. The molecule has 0 aromatic carbocycles. The summed E-state index contributed by atoms with van der Waals surface area (Å²) in [5.74, 6) is 1.16. The fraction of sp³-hybridized carbons (Fsp3) is 1.00. The molecule has 1 nitrogen and oxygen atoms in total. The minimum atomic E-state index is -0.280. The van der Waals surface area contributed by atoms with Gasteiger partial charge in [0.1, 0.15) is 0 Å². The van der Waals surface area contributed by atoms with E-state index in [0.717, 1.165) is 12.2 Å². The molecule has 1 fully saturated rings. The molecule has 1 radical (unpaired) electrons. The van der Waals surface area contributed by atoms with Gasteiger partial charge in [-0.1, -0.05) is 0 Å². The highest BCUT2D eigenvalue weighted by atomic mass is 32.2. The van der Waals surface area contributed by atoms with Crippen molar-refractivity contribution in [3.63, 3.8) is 0 Å². The molecule has 1 heterocycles. The Hall–Kier alpha value is 0.660. The van der Waals surface area contributed by atoms with Crippen LogP contribution in [0.4, 0.5) is 0 Å². The molecule has 0 aromatic rings. The molecular formula is C6H11OS2. The molecule has 1 aliphatic heterocycles. The smallest absolute Gasteiger partial charge is 0.169 e. The summed E-state index contributed by atoms with van der Waals surface area (Å²) in [5.41, 5.74) is 0. The van der Waals surface area contributed by atoms with Gasteiger partial charge in [-0.25, -0.2) is 0 Å². The number of rotatable bonds is 1. The van der Waals surface area contributed by atoms with Crippen LogP contribution in [-0.4, -0.2) is 17.1 Å². The Labute approximate surface area is 65.9 Å². The summed E-state index contributed by atoms with van der Waals surface area (Å²) >= 11 is 6.95. The molecule has 1 rings (SSSR count). The molecule has 0 amide bonds. The summed E-state index contributed by atoms with van der Waals surface area (Å²) in [6.07, 6.45) is 3.56. The van der Waals surface area contributed by atoms with Gasteiger partial charge in [-0.2, -0.15) is 0 Å². The number of thioether (sulfide) groups is 1. The monoisotopic (exact) mass is 163 g/mol. The maximum atomic E-state index is 5.20. The Morgan fingerprint density at radius 1 is 1.56 bits per heavy atom. The predicted octanol–water partition coefficient (Wildman–Crippen LogP) is 2.40. The molecule has 1 atom stereocenters. The third-order valence-corrected chi connectivity index (χ3v) is 3.54. The highest BCUT2D eigenvalue weighted by Crippen LogP contribution is 2.39. The van der Waals surface area contributed by atoms with Crippen LogP contribution in [0.1, 0.15) is 19.3 Å². The Balaban J connectivity index is 2.37. The van der Waals surface area contributed by atoms with Crippen molar-refractivity contribution in [3.05, 3.63) is 0 Å². The van der Waals surface area contributed by atoms with Crippen LogP contribution in [0, 0.1) is 0 Å². The van der Waals surface area contributed by atoms with Crippen LogP contribution in [0.5, 0.6) is 0 Å². The standard InChI is InChI=1S/C6H11OS2/c1-7-6(8)4-2-3-5-9-6/h2-5H2,1H3. The summed E-state index contributed by atoms with van der Waals surface area (Å²) in [5, 5.41) is 0. The van der Waals surface area contributed by atoms with Crippen molar-refractivity contribution >= 4 is 24.4 Å². The van der Waals surface area contributed by atoms with E-state index in [4.69, 9.17) is 17.4 Å². The summed E-state index contributed by atoms with van der Waals surface area (Å²) in [6.45, 7) is 0. The minimum absolute atomic E-state index is 0.280. The topological polar surface area (TPSA) is 9.23 Å². The average molecular weight is 163 g/mol. The van der Waals surface area contributed by atoms with Crippen LogP contribution >= 0.6 is 24.4 Å². The van der Waals surface area contributed by atoms with Crippen LogP contribution < -0.4 is 0 Å². The van der Waals surface area contributed by atoms with E-state index >= 15 is 0 Å². The van der Waals surface area contributed by atoms with Gasteiger partial charge in [0, 0.05) is 7.11 Å². The third-order valence-electron chi connectivity index (χ3n) is 1.51. The maximum absolute atomic E-state index is 5.20. The zero-order chi connectivity index (χ0) is 6.74. The second-order valence-corrected chi connectivity index (χ2v) is 4.47. The lowest BCUT2D eigenvalue weighted by Crippen LogP contribution is -2.23. The quantitative estimate of drug-likeness (QED) is 0.587. The van der Waals surface area contributed by atoms with E-state index in [1.807, 2.05) is 0 Å². The maximum Gasteiger partial charge on any atom is 0.169 e. The first-order valence-corrected chi connectivity index (χ1v) is 4.56. The van der Waals surface area contributed by atoms with E-state index < -0.39 is 0 Å². The highest BCUT2D eigenvalue weighted by molar-refractivity contribution is 8.11. The Morgan fingerprint density at radius 3 is 2.67 bits per heavy atom. The van der Waals surface area contributed by atoms with E-state index in [0.29, 0.717) is 0 Å². The van der Waals surface area contributed by atoms with Crippen LogP contribution in [-0.2, 0) is 4.74 Å². The largest absolute Gasteiger partial charge is 0.357 e. The highest BCUT2D eigenvalue weighted by Gasteiger charge is 2.28. The van der Waals surface area contributed by atoms with Crippen molar-refractivity contribution in [3.8, 4) is 0 Å². The third kappa shape index (κ3) is 2.06. The van der Waals surface area contributed by atoms with Gasteiger partial charge in [0.25, 0.3) is 0 Å². The molecule has 0 bridgehead atoms. The van der Waals surface area contributed by atoms with Gasteiger partial charge >= 0.3 is 0 Å². The van der Waals surface area contributed by atoms with Gasteiger partial charge in [0.15, 0.2) is 4.27 Å². The molecule has 53 valence electrons. The number of ether oxygens (including phenoxy) is 1. The van der Waals surface area contributed by atoms with Crippen molar-refractivity contribution in [2.75, 3.05) is 12.9 Å². The predicted molar refractivity (Wildman–Crippen MR) is 43.6 cm³/mol. The zero-order valence-electron chi connectivity index (χ0n) is 5.55. The number of hydrogen-bond acceptors (Lipinski definition) is 2. The summed E-state index contributed by atoms with van der Waals surface area (Å²) in [4.78, 5) is 0. The molecule has 1 unspecified atom stereocenters. The SMILES string of the molecule is COC1([S])CCCCS1. The summed E-state index contributed by atoms with van der Waals surface area (Å²) in [7, 11) is 1.70.